The molecule has 1 amide bonds. The van der Waals surface area contributed by atoms with Crippen LogP contribution < -0.4 is 10.1 Å². The Hall–Kier alpha value is -3.94. The van der Waals surface area contributed by atoms with E-state index in [-0.39, 0.29) is 42.4 Å². The highest BCUT2D eigenvalue weighted by Crippen LogP contribution is 2.36. The van der Waals surface area contributed by atoms with Crippen molar-refractivity contribution in [1.82, 2.24) is 29.0 Å². The summed E-state index contributed by atoms with van der Waals surface area (Å²) in [5.74, 6) is -0.779. The summed E-state index contributed by atoms with van der Waals surface area (Å²) in [6, 6.07) is 4.11. The molecule has 1 saturated heterocycles. The number of nitrogens with zero attached hydrogens (tertiary/aromatic N) is 6. The van der Waals surface area contributed by atoms with Gasteiger partial charge < -0.3 is 24.6 Å². The van der Waals surface area contributed by atoms with Gasteiger partial charge in [0.15, 0.2) is 5.82 Å². The van der Waals surface area contributed by atoms with Crippen LogP contribution in [0.5, 0.6) is 5.88 Å². The summed E-state index contributed by atoms with van der Waals surface area (Å²) < 4.78 is 64.4. The standard InChI is InChI=1S/C24H25F4N7O3/c1-12-29-17-4-3-13(7-18(17)34(12)10-19(27)28)21-15(26)9-35-22(21)23(38-2)31-24(32-35)30-16-5-6-33(8-14(16)25)20(37)11-36/h3-4,7,9,14,16,19,36H,5-6,8,10-11H2,1-2H3,(H,30,32)/t14-,16+/m1/s1. The topological polar surface area (TPSA) is 110 Å². The van der Waals surface area contributed by atoms with E-state index in [1.165, 1.54) is 21.1 Å². The number of methoxy groups -OCH3 is 1. The number of ether oxygens (including phenoxy) is 1. The van der Waals surface area contributed by atoms with Crippen molar-refractivity contribution < 1.29 is 32.2 Å². The van der Waals surface area contributed by atoms with Crippen molar-refractivity contribution in [1.29, 1.82) is 0 Å². The zero-order chi connectivity index (χ0) is 27.1. The van der Waals surface area contributed by atoms with Crippen molar-refractivity contribution in [2.45, 2.75) is 38.5 Å². The molecule has 0 spiro atoms. The number of halogens is 4. The molecule has 202 valence electrons. The summed E-state index contributed by atoms with van der Waals surface area (Å²) in [6.07, 6.45) is -2.67. The van der Waals surface area contributed by atoms with Gasteiger partial charge in [-0.1, -0.05) is 6.07 Å². The Kier molecular flexibility index (Phi) is 6.82. The number of hydrogen-bond acceptors (Lipinski definition) is 7. The van der Waals surface area contributed by atoms with Crippen LogP contribution in [0.15, 0.2) is 24.4 Å². The highest BCUT2D eigenvalue weighted by Gasteiger charge is 2.32. The summed E-state index contributed by atoms with van der Waals surface area (Å²) in [7, 11) is 1.35. The number of nitrogens with one attached hydrogen (secondary N) is 1. The molecule has 0 radical (unpaired) electrons. The second kappa shape index (κ2) is 10.1. The lowest BCUT2D eigenvalue weighted by molar-refractivity contribution is -0.136. The van der Waals surface area contributed by atoms with Crippen LogP contribution in [0.2, 0.25) is 0 Å². The molecule has 5 rings (SSSR count). The van der Waals surface area contributed by atoms with Gasteiger partial charge in [0, 0.05) is 6.54 Å². The van der Waals surface area contributed by atoms with E-state index in [9.17, 15) is 18.0 Å². The highest BCUT2D eigenvalue weighted by molar-refractivity contribution is 5.90. The van der Waals surface area contributed by atoms with Gasteiger partial charge in [0.05, 0.1) is 49.0 Å². The molecule has 1 aliphatic heterocycles. The van der Waals surface area contributed by atoms with Crippen molar-refractivity contribution in [2.24, 2.45) is 0 Å². The van der Waals surface area contributed by atoms with Gasteiger partial charge in [-0.15, -0.1) is 5.10 Å². The molecule has 0 bridgehead atoms. The smallest absolute Gasteiger partial charge is 0.256 e. The lowest BCUT2D eigenvalue weighted by atomic mass is 10.0. The quantitative estimate of drug-likeness (QED) is 0.350. The van der Waals surface area contributed by atoms with Crippen molar-refractivity contribution in [3.8, 4) is 17.0 Å². The Morgan fingerprint density at radius 2 is 2.11 bits per heavy atom. The minimum absolute atomic E-state index is 0.00780. The van der Waals surface area contributed by atoms with Gasteiger partial charge in [0.1, 0.15) is 24.1 Å². The Morgan fingerprint density at radius 3 is 2.79 bits per heavy atom. The van der Waals surface area contributed by atoms with Crippen LogP contribution in [0.25, 0.3) is 27.7 Å². The zero-order valence-corrected chi connectivity index (χ0v) is 20.5. The van der Waals surface area contributed by atoms with Gasteiger partial charge >= 0.3 is 0 Å². The maximum absolute atomic E-state index is 15.3. The lowest BCUT2D eigenvalue weighted by Crippen LogP contribution is -2.50. The summed E-state index contributed by atoms with van der Waals surface area (Å²) in [6.45, 7) is 0.434. The first kappa shape index (κ1) is 25.7. The molecule has 4 heterocycles. The van der Waals surface area contributed by atoms with E-state index in [0.717, 1.165) is 6.20 Å². The number of imidazole rings is 1. The van der Waals surface area contributed by atoms with E-state index in [0.29, 0.717) is 22.4 Å². The van der Waals surface area contributed by atoms with Crippen molar-refractivity contribution in [3.63, 3.8) is 0 Å². The summed E-state index contributed by atoms with van der Waals surface area (Å²) in [5, 5.41) is 16.2. The van der Waals surface area contributed by atoms with Crippen LogP contribution >= 0.6 is 0 Å². The molecule has 0 unspecified atom stereocenters. The Labute approximate surface area is 213 Å². The number of amides is 1. The molecule has 2 N–H and O–H groups in total. The molecule has 1 aromatic carbocycles. The number of piperidine rings is 1. The van der Waals surface area contributed by atoms with E-state index in [1.54, 1.807) is 25.1 Å². The van der Waals surface area contributed by atoms with Gasteiger partial charge in [-0.05, 0) is 31.0 Å². The number of carbonyl (C=O) groups excluding carboxylic acids is 1. The molecule has 14 heteroatoms. The van der Waals surface area contributed by atoms with Gasteiger partial charge in [0.25, 0.3) is 6.43 Å². The van der Waals surface area contributed by atoms with Gasteiger partial charge in [0.2, 0.25) is 17.7 Å². The first-order chi connectivity index (χ1) is 18.2. The predicted octanol–water partition coefficient (Wildman–Crippen LogP) is 2.81. The molecule has 2 atom stereocenters. The summed E-state index contributed by atoms with van der Waals surface area (Å²) >= 11 is 0. The van der Waals surface area contributed by atoms with Crippen LogP contribution in [-0.4, -0.2) is 85.5 Å². The fraction of sp³-hybridized carbons (Fsp3) is 0.417. The highest BCUT2D eigenvalue weighted by atomic mass is 19.3. The summed E-state index contributed by atoms with van der Waals surface area (Å²) in [4.78, 5) is 21.5. The molecule has 10 nitrogen and oxygen atoms in total. The minimum Gasteiger partial charge on any atom is -0.479 e. The number of aromatic nitrogens is 5. The van der Waals surface area contributed by atoms with E-state index in [2.05, 4.69) is 20.4 Å². The van der Waals surface area contributed by atoms with E-state index < -0.39 is 43.5 Å². The molecule has 0 saturated carbocycles. The molecule has 38 heavy (non-hydrogen) atoms. The van der Waals surface area contributed by atoms with Crippen molar-refractivity contribution in [2.75, 3.05) is 32.1 Å². The van der Waals surface area contributed by atoms with Gasteiger partial charge in [-0.25, -0.2) is 27.1 Å². The fourth-order valence-corrected chi connectivity index (χ4v) is 4.83. The first-order valence-corrected chi connectivity index (χ1v) is 11.9. The number of carbonyl (C=O) groups is 1. The lowest BCUT2D eigenvalue weighted by Gasteiger charge is -2.34. The number of hydrogen-bond donors (Lipinski definition) is 2. The number of aliphatic hydroxyl groups excluding tert-OH is 1. The molecule has 1 fully saturated rings. The third-order valence-corrected chi connectivity index (χ3v) is 6.64. The second-order valence-corrected chi connectivity index (χ2v) is 9.01. The monoisotopic (exact) mass is 535 g/mol. The van der Waals surface area contributed by atoms with Gasteiger partial charge in [-0.3, -0.25) is 4.79 Å². The summed E-state index contributed by atoms with van der Waals surface area (Å²) in [5.41, 5.74) is 1.62. The third kappa shape index (κ3) is 4.59. The Balaban J connectivity index is 1.50. The van der Waals surface area contributed by atoms with Crippen LogP contribution in [0, 0.1) is 12.7 Å². The number of fused-ring (bicyclic) bond motifs is 2. The SMILES string of the molecule is COc1nc(N[C@H]2CCN(C(=O)CO)C[C@H]2F)nn2cc(F)c(-c3ccc4nc(C)n(CC(F)F)c4c3)c12. The third-order valence-electron chi connectivity index (χ3n) is 6.64. The van der Waals surface area contributed by atoms with Crippen molar-refractivity contribution >= 4 is 28.4 Å². The number of likely N-dealkylation sites (tertiary alicyclic amines) is 1. The maximum atomic E-state index is 15.3. The van der Waals surface area contributed by atoms with E-state index in [1.807, 2.05) is 0 Å². The first-order valence-electron chi connectivity index (χ1n) is 11.9. The largest absolute Gasteiger partial charge is 0.479 e. The number of aryl methyl sites for hydroxylation is 1. The van der Waals surface area contributed by atoms with Crippen LogP contribution in [0.1, 0.15) is 12.2 Å². The number of aliphatic hydroxyl groups is 1. The molecule has 3 aromatic heterocycles. The number of alkyl halides is 3. The zero-order valence-electron chi connectivity index (χ0n) is 20.5. The van der Waals surface area contributed by atoms with E-state index >= 15 is 4.39 Å². The average Bonchev–Trinajstić information content (AvgIpc) is 3.38. The van der Waals surface area contributed by atoms with E-state index in [4.69, 9.17) is 9.84 Å². The second-order valence-electron chi connectivity index (χ2n) is 9.01. The molecular formula is C24H25F4N7O3. The molecular weight excluding hydrogens is 510 g/mol. The predicted molar refractivity (Wildman–Crippen MR) is 130 cm³/mol. The molecule has 4 aromatic rings. The van der Waals surface area contributed by atoms with Crippen molar-refractivity contribution in [3.05, 3.63) is 36.0 Å². The van der Waals surface area contributed by atoms with Crippen LogP contribution in [-0.2, 0) is 11.3 Å². The molecule has 0 aliphatic carbocycles. The average molecular weight is 536 g/mol. The number of benzene rings is 1. The number of rotatable bonds is 7. The van der Waals surface area contributed by atoms with Gasteiger partial charge in [-0.2, -0.15) is 4.98 Å². The normalized spacial score (nSPS) is 18.1. The number of anilines is 1. The molecule has 1 aliphatic rings. The maximum Gasteiger partial charge on any atom is 0.256 e. The Bertz CT molecular complexity index is 1510. The van der Waals surface area contributed by atoms with Crippen LogP contribution in [0.4, 0.5) is 23.5 Å². The Morgan fingerprint density at radius 1 is 1.32 bits per heavy atom. The van der Waals surface area contributed by atoms with Crippen LogP contribution in [0.3, 0.4) is 0 Å². The fourth-order valence-electron chi connectivity index (χ4n) is 4.83. The minimum atomic E-state index is -2.59.